The molecule has 8 nitrogen and oxygen atoms in total. The molecule has 1 aliphatic heterocycles. The number of benzene rings is 1. The smallest absolute Gasteiger partial charge is 0.298 e. The summed E-state index contributed by atoms with van der Waals surface area (Å²) in [5.74, 6) is 0. The molecule has 1 aliphatic carbocycles. The Hall–Kier alpha value is -1.97. The van der Waals surface area contributed by atoms with Crippen LogP contribution in [0.2, 0.25) is 0 Å². The molecule has 1 aromatic heterocycles. The first-order valence-corrected chi connectivity index (χ1v) is 11.7. The molecule has 1 saturated carbocycles. The van der Waals surface area contributed by atoms with Crippen molar-refractivity contribution in [2.24, 2.45) is 14.1 Å². The van der Waals surface area contributed by atoms with Gasteiger partial charge in [0.2, 0.25) is 10.0 Å². The molecule has 1 saturated heterocycles. The van der Waals surface area contributed by atoms with Crippen LogP contribution >= 0.6 is 0 Å². The third-order valence-corrected chi connectivity index (χ3v) is 8.34. The topological polar surface area (TPSA) is 84.6 Å². The Kier molecular flexibility index (Phi) is 5.39. The van der Waals surface area contributed by atoms with Crippen LogP contribution in [0.15, 0.2) is 32.7 Å². The lowest BCUT2D eigenvalue weighted by Gasteiger charge is -2.40. The highest BCUT2D eigenvalue weighted by molar-refractivity contribution is 7.89. The van der Waals surface area contributed by atoms with E-state index in [1.807, 2.05) is 0 Å². The molecule has 4 rings (SSSR count). The summed E-state index contributed by atoms with van der Waals surface area (Å²) in [4.78, 5) is 27.1. The van der Waals surface area contributed by atoms with Crippen molar-refractivity contribution in [2.45, 2.75) is 43.0 Å². The molecule has 1 aromatic carbocycles. The Bertz CT molecular complexity index is 1140. The van der Waals surface area contributed by atoms with Crippen molar-refractivity contribution >= 4 is 20.9 Å². The summed E-state index contributed by atoms with van der Waals surface area (Å²) in [6.07, 6.45) is 6.24. The third-order valence-electron chi connectivity index (χ3n) is 6.44. The first kappa shape index (κ1) is 20.3. The van der Waals surface area contributed by atoms with Gasteiger partial charge in [0.1, 0.15) is 0 Å². The van der Waals surface area contributed by atoms with Crippen LogP contribution in [0.5, 0.6) is 0 Å². The standard InChI is InChI=1S/C20H28N4O4S/c1-21-18-9-8-16(14-17(18)19(25)22(2)20(21)26)29(27,28)24-12-10-23(11-13-24)15-6-4-3-5-7-15/h8-9,14-15H,3-7,10-13H2,1-2H3. The summed E-state index contributed by atoms with van der Waals surface area (Å²) in [6.45, 7) is 2.41. The normalized spacial score (nSPS) is 20.3. The average molecular weight is 421 g/mol. The monoisotopic (exact) mass is 420 g/mol. The van der Waals surface area contributed by atoms with Gasteiger partial charge in [0.15, 0.2) is 0 Å². The van der Waals surface area contributed by atoms with Gasteiger partial charge in [0, 0.05) is 46.3 Å². The van der Waals surface area contributed by atoms with E-state index in [0.29, 0.717) is 24.6 Å². The molecular weight excluding hydrogens is 392 g/mol. The predicted octanol–water partition coefficient (Wildman–Crippen LogP) is 0.876. The summed E-state index contributed by atoms with van der Waals surface area (Å²) < 4.78 is 30.3. The van der Waals surface area contributed by atoms with E-state index in [2.05, 4.69) is 4.90 Å². The molecule has 9 heteroatoms. The second kappa shape index (κ2) is 7.70. The molecule has 0 N–H and O–H groups in total. The van der Waals surface area contributed by atoms with Crippen LogP contribution in [0.4, 0.5) is 0 Å². The van der Waals surface area contributed by atoms with Crippen LogP contribution in [0.1, 0.15) is 32.1 Å². The van der Waals surface area contributed by atoms with Crippen molar-refractivity contribution in [3.05, 3.63) is 39.0 Å². The van der Waals surface area contributed by atoms with Crippen LogP contribution in [-0.4, -0.2) is 59.0 Å². The largest absolute Gasteiger partial charge is 0.330 e. The molecule has 0 spiro atoms. The van der Waals surface area contributed by atoms with Crippen LogP contribution < -0.4 is 11.2 Å². The number of sulfonamides is 1. The molecule has 0 radical (unpaired) electrons. The lowest BCUT2D eigenvalue weighted by atomic mass is 9.94. The van der Waals surface area contributed by atoms with E-state index >= 15 is 0 Å². The zero-order valence-electron chi connectivity index (χ0n) is 17.0. The summed E-state index contributed by atoms with van der Waals surface area (Å²) >= 11 is 0. The zero-order valence-corrected chi connectivity index (χ0v) is 17.8. The molecule has 29 heavy (non-hydrogen) atoms. The summed E-state index contributed by atoms with van der Waals surface area (Å²) in [5.41, 5.74) is -0.488. The maximum atomic E-state index is 13.2. The van der Waals surface area contributed by atoms with Gasteiger partial charge in [-0.25, -0.2) is 13.2 Å². The Labute approximate surface area is 170 Å². The van der Waals surface area contributed by atoms with Gasteiger partial charge in [0.25, 0.3) is 5.56 Å². The molecule has 0 unspecified atom stereocenters. The van der Waals surface area contributed by atoms with Crippen molar-refractivity contribution in [1.82, 2.24) is 18.3 Å². The van der Waals surface area contributed by atoms with Crippen LogP contribution in [0.3, 0.4) is 0 Å². The van der Waals surface area contributed by atoms with Gasteiger partial charge in [-0.15, -0.1) is 0 Å². The number of nitrogens with zero attached hydrogens (tertiary/aromatic N) is 4. The van der Waals surface area contributed by atoms with Gasteiger partial charge in [-0.3, -0.25) is 18.8 Å². The number of fused-ring (bicyclic) bond motifs is 1. The Morgan fingerprint density at radius 1 is 0.897 bits per heavy atom. The molecule has 2 heterocycles. The highest BCUT2D eigenvalue weighted by Crippen LogP contribution is 2.25. The molecule has 0 bridgehead atoms. The molecule has 2 aliphatic rings. The van der Waals surface area contributed by atoms with E-state index in [9.17, 15) is 18.0 Å². The van der Waals surface area contributed by atoms with Gasteiger partial charge in [0.05, 0.1) is 15.8 Å². The van der Waals surface area contributed by atoms with Gasteiger partial charge in [-0.1, -0.05) is 19.3 Å². The van der Waals surface area contributed by atoms with E-state index in [4.69, 9.17) is 0 Å². The number of aryl methyl sites for hydroxylation is 1. The average Bonchev–Trinajstić information content (AvgIpc) is 2.76. The fraction of sp³-hybridized carbons (Fsp3) is 0.600. The minimum Gasteiger partial charge on any atom is -0.298 e. The van der Waals surface area contributed by atoms with E-state index in [-0.39, 0.29) is 10.3 Å². The van der Waals surface area contributed by atoms with Crippen molar-refractivity contribution < 1.29 is 8.42 Å². The molecule has 0 atom stereocenters. The summed E-state index contributed by atoms with van der Waals surface area (Å²) in [5, 5.41) is 0.233. The van der Waals surface area contributed by atoms with Gasteiger partial charge in [-0.2, -0.15) is 4.31 Å². The minimum absolute atomic E-state index is 0.104. The van der Waals surface area contributed by atoms with Gasteiger partial charge < -0.3 is 0 Å². The van der Waals surface area contributed by atoms with Crippen molar-refractivity contribution in [3.63, 3.8) is 0 Å². The Balaban J connectivity index is 1.60. The fourth-order valence-corrected chi connectivity index (χ4v) is 6.09. The lowest BCUT2D eigenvalue weighted by Crippen LogP contribution is -2.52. The van der Waals surface area contributed by atoms with Gasteiger partial charge in [-0.05, 0) is 31.0 Å². The number of aromatic nitrogens is 2. The maximum Gasteiger partial charge on any atom is 0.330 e. The zero-order chi connectivity index (χ0) is 20.8. The predicted molar refractivity (Wildman–Crippen MR) is 112 cm³/mol. The van der Waals surface area contributed by atoms with E-state index < -0.39 is 21.3 Å². The van der Waals surface area contributed by atoms with Crippen molar-refractivity contribution in [3.8, 4) is 0 Å². The quantitative estimate of drug-likeness (QED) is 0.736. The third kappa shape index (κ3) is 3.55. The second-order valence-electron chi connectivity index (χ2n) is 8.12. The van der Waals surface area contributed by atoms with E-state index in [0.717, 1.165) is 17.7 Å². The highest BCUT2D eigenvalue weighted by atomic mass is 32.2. The van der Waals surface area contributed by atoms with E-state index in [1.54, 1.807) is 13.1 Å². The Morgan fingerprint density at radius 2 is 1.55 bits per heavy atom. The minimum atomic E-state index is -3.69. The molecule has 158 valence electrons. The molecule has 2 aromatic rings. The van der Waals surface area contributed by atoms with E-state index in [1.165, 1.54) is 60.2 Å². The first-order chi connectivity index (χ1) is 13.8. The van der Waals surface area contributed by atoms with Crippen molar-refractivity contribution in [1.29, 1.82) is 0 Å². The number of rotatable bonds is 3. The molecular formula is C20H28N4O4S. The highest BCUT2D eigenvalue weighted by Gasteiger charge is 2.31. The van der Waals surface area contributed by atoms with Gasteiger partial charge >= 0.3 is 5.69 Å². The van der Waals surface area contributed by atoms with Crippen LogP contribution in [0, 0.1) is 0 Å². The summed E-state index contributed by atoms with van der Waals surface area (Å²) in [7, 11) is -0.718. The SMILES string of the molecule is Cn1c(=O)c2cc(S(=O)(=O)N3CCN(C4CCCCC4)CC3)ccc2n(C)c1=O. The van der Waals surface area contributed by atoms with Crippen LogP contribution in [0.25, 0.3) is 10.9 Å². The number of piperazine rings is 1. The lowest BCUT2D eigenvalue weighted by molar-refractivity contribution is 0.111. The molecule has 0 amide bonds. The number of hydrogen-bond donors (Lipinski definition) is 0. The molecule has 2 fully saturated rings. The maximum absolute atomic E-state index is 13.2. The second-order valence-corrected chi connectivity index (χ2v) is 10.1. The first-order valence-electron chi connectivity index (χ1n) is 10.2. The Morgan fingerprint density at radius 3 is 2.21 bits per heavy atom. The number of hydrogen-bond acceptors (Lipinski definition) is 5. The fourth-order valence-electron chi connectivity index (χ4n) is 4.64. The van der Waals surface area contributed by atoms with Crippen LogP contribution in [-0.2, 0) is 24.1 Å². The summed E-state index contributed by atoms with van der Waals surface area (Å²) in [6, 6.07) is 5.02. The van der Waals surface area contributed by atoms with Crippen molar-refractivity contribution in [2.75, 3.05) is 26.2 Å².